The summed E-state index contributed by atoms with van der Waals surface area (Å²) in [6, 6.07) is 24.8. The van der Waals surface area contributed by atoms with Crippen molar-refractivity contribution in [3.63, 3.8) is 0 Å². The zero-order valence-corrected chi connectivity index (χ0v) is 13.4. The molecule has 0 heterocycles. The zero-order valence-electron chi connectivity index (χ0n) is 13.4. The molecule has 0 N–H and O–H groups in total. The predicted octanol–water partition coefficient (Wildman–Crippen LogP) is 6.55. The van der Waals surface area contributed by atoms with Crippen molar-refractivity contribution in [2.24, 2.45) is 0 Å². The summed E-state index contributed by atoms with van der Waals surface area (Å²) < 4.78 is 39.2. The molecule has 0 spiro atoms. The summed E-state index contributed by atoms with van der Waals surface area (Å²) in [5, 5.41) is 0. The van der Waals surface area contributed by atoms with Crippen molar-refractivity contribution in [3.05, 3.63) is 113 Å². The lowest BCUT2D eigenvalue weighted by Crippen LogP contribution is -2.07. The van der Waals surface area contributed by atoms with Gasteiger partial charge in [-0.25, -0.2) is 0 Å². The van der Waals surface area contributed by atoms with Crippen molar-refractivity contribution >= 4 is 6.08 Å². The molecule has 3 aromatic rings. The van der Waals surface area contributed by atoms with Crippen LogP contribution < -0.4 is 0 Å². The van der Waals surface area contributed by atoms with E-state index in [4.69, 9.17) is 0 Å². The van der Waals surface area contributed by atoms with Gasteiger partial charge in [0.25, 0.3) is 0 Å². The second-order valence-corrected chi connectivity index (χ2v) is 5.78. The van der Waals surface area contributed by atoms with Crippen molar-refractivity contribution in [2.45, 2.75) is 12.1 Å². The third kappa shape index (κ3) is 4.38. The highest BCUT2D eigenvalue weighted by Crippen LogP contribution is 2.33. The van der Waals surface area contributed by atoms with E-state index in [2.05, 4.69) is 0 Å². The second kappa shape index (κ2) is 7.39. The van der Waals surface area contributed by atoms with Gasteiger partial charge in [0.05, 0.1) is 5.56 Å². The first-order valence-corrected chi connectivity index (χ1v) is 7.99. The zero-order chi connectivity index (χ0) is 17.7. The van der Waals surface area contributed by atoms with E-state index in [9.17, 15) is 13.2 Å². The van der Waals surface area contributed by atoms with Crippen LogP contribution in [0.15, 0.2) is 91.0 Å². The Bertz CT molecular complexity index is 834. The topological polar surface area (TPSA) is 0 Å². The Morgan fingerprint density at radius 2 is 1.28 bits per heavy atom. The van der Waals surface area contributed by atoms with Crippen LogP contribution in [0, 0.1) is 0 Å². The van der Waals surface area contributed by atoms with E-state index >= 15 is 0 Å². The number of hydrogen-bond donors (Lipinski definition) is 0. The van der Waals surface area contributed by atoms with Gasteiger partial charge < -0.3 is 0 Å². The van der Waals surface area contributed by atoms with E-state index in [1.165, 1.54) is 12.1 Å². The SMILES string of the molecule is FC(F)(F)c1cccc([C@@H](/C=C/c2ccccc2)c2ccccc2)c1. The van der Waals surface area contributed by atoms with Crippen molar-refractivity contribution in [1.29, 1.82) is 0 Å². The summed E-state index contributed by atoms with van der Waals surface area (Å²) >= 11 is 0. The summed E-state index contributed by atoms with van der Waals surface area (Å²) in [5.41, 5.74) is 1.96. The molecule has 0 unspecified atom stereocenters. The minimum Gasteiger partial charge on any atom is -0.166 e. The lowest BCUT2D eigenvalue weighted by atomic mass is 9.89. The molecule has 3 heteroatoms. The molecule has 0 aliphatic rings. The predicted molar refractivity (Wildman–Crippen MR) is 95.2 cm³/mol. The number of halogens is 3. The lowest BCUT2D eigenvalue weighted by Gasteiger charge is -2.16. The summed E-state index contributed by atoms with van der Waals surface area (Å²) in [7, 11) is 0. The minimum atomic E-state index is -4.35. The largest absolute Gasteiger partial charge is 0.416 e. The Hall–Kier alpha value is -2.81. The van der Waals surface area contributed by atoms with Crippen molar-refractivity contribution in [3.8, 4) is 0 Å². The van der Waals surface area contributed by atoms with Crippen molar-refractivity contribution < 1.29 is 13.2 Å². The van der Waals surface area contributed by atoms with Crippen molar-refractivity contribution in [2.75, 3.05) is 0 Å². The summed E-state index contributed by atoms with van der Waals surface area (Å²) in [6.07, 6.45) is -0.460. The van der Waals surface area contributed by atoms with Gasteiger partial charge in [0, 0.05) is 5.92 Å². The molecule has 0 nitrogen and oxygen atoms in total. The fraction of sp³-hybridized carbons (Fsp3) is 0.0909. The maximum Gasteiger partial charge on any atom is 0.416 e. The molecule has 0 aromatic heterocycles. The molecule has 0 radical (unpaired) electrons. The molecule has 0 amide bonds. The Balaban J connectivity index is 2.02. The normalized spacial score (nSPS) is 13.1. The average molecular weight is 338 g/mol. The highest BCUT2D eigenvalue weighted by Gasteiger charge is 2.30. The van der Waals surface area contributed by atoms with E-state index in [0.29, 0.717) is 5.56 Å². The molecule has 0 bridgehead atoms. The van der Waals surface area contributed by atoms with Crippen LogP contribution in [-0.4, -0.2) is 0 Å². The molecule has 126 valence electrons. The summed E-state index contributed by atoms with van der Waals surface area (Å²) in [6.45, 7) is 0. The first-order valence-electron chi connectivity index (χ1n) is 7.99. The number of alkyl halides is 3. The molecule has 3 aromatic carbocycles. The van der Waals surface area contributed by atoms with Gasteiger partial charge in [-0.2, -0.15) is 13.2 Å². The van der Waals surface area contributed by atoms with Crippen LogP contribution in [0.5, 0.6) is 0 Å². The molecule has 0 aliphatic carbocycles. The van der Waals surface area contributed by atoms with Crippen LogP contribution in [0.3, 0.4) is 0 Å². The highest BCUT2D eigenvalue weighted by atomic mass is 19.4. The van der Waals surface area contributed by atoms with Gasteiger partial charge in [-0.15, -0.1) is 0 Å². The molecule has 0 aliphatic heterocycles. The standard InChI is InChI=1S/C22H17F3/c23-22(24,25)20-13-7-12-19(16-20)21(18-10-5-2-6-11-18)15-14-17-8-3-1-4-9-17/h1-16,21H/b15-14+/t21-/m0/s1. The highest BCUT2D eigenvalue weighted by molar-refractivity contribution is 5.53. The van der Waals surface area contributed by atoms with Gasteiger partial charge in [-0.05, 0) is 22.8 Å². The molecule has 0 fully saturated rings. The smallest absolute Gasteiger partial charge is 0.166 e. The quantitative estimate of drug-likeness (QED) is 0.506. The number of benzene rings is 3. The second-order valence-electron chi connectivity index (χ2n) is 5.78. The van der Waals surface area contributed by atoms with E-state index in [0.717, 1.165) is 17.2 Å². The van der Waals surface area contributed by atoms with Crippen LogP contribution in [0.25, 0.3) is 6.08 Å². The molecule has 3 rings (SSSR count). The van der Waals surface area contributed by atoms with Gasteiger partial charge in [0.2, 0.25) is 0 Å². The molecule has 0 saturated carbocycles. The number of hydrogen-bond acceptors (Lipinski definition) is 0. The van der Waals surface area contributed by atoms with Crippen LogP contribution in [0.4, 0.5) is 13.2 Å². The number of rotatable bonds is 4. The Kier molecular flexibility index (Phi) is 5.03. The van der Waals surface area contributed by atoms with Gasteiger partial charge in [-0.1, -0.05) is 91.0 Å². The van der Waals surface area contributed by atoms with Crippen LogP contribution in [0.1, 0.15) is 28.2 Å². The van der Waals surface area contributed by atoms with Crippen molar-refractivity contribution in [1.82, 2.24) is 0 Å². The molecule has 0 saturated heterocycles. The van der Waals surface area contributed by atoms with Gasteiger partial charge in [0.1, 0.15) is 0 Å². The number of allylic oxidation sites excluding steroid dienone is 1. The average Bonchev–Trinajstić information content (AvgIpc) is 2.63. The van der Waals surface area contributed by atoms with Crippen LogP contribution in [-0.2, 0) is 6.18 Å². The minimum absolute atomic E-state index is 0.247. The maximum absolute atomic E-state index is 13.1. The first kappa shape index (κ1) is 17.0. The fourth-order valence-corrected chi connectivity index (χ4v) is 2.75. The monoisotopic (exact) mass is 338 g/mol. The third-order valence-corrected chi connectivity index (χ3v) is 4.01. The van der Waals surface area contributed by atoms with E-state index in [1.54, 1.807) is 6.07 Å². The third-order valence-electron chi connectivity index (χ3n) is 4.01. The Labute approximate surface area is 145 Å². The van der Waals surface area contributed by atoms with Crippen LogP contribution in [0.2, 0.25) is 0 Å². The fourth-order valence-electron chi connectivity index (χ4n) is 2.75. The van der Waals surface area contributed by atoms with Gasteiger partial charge >= 0.3 is 6.18 Å². The van der Waals surface area contributed by atoms with Gasteiger partial charge in [-0.3, -0.25) is 0 Å². The maximum atomic E-state index is 13.1. The Morgan fingerprint density at radius 1 is 0.680 bits per heavy atom. The Morgan fingerprint density at radius 3 is 1.92 bits per heavy atom. The molecular formula is C22H17F3. The van der Waals surface area contributed by atoms with E-state index in [1.807, 2.05) is 72.8 Å². The van der Waals surface area contributed by atoms with E-state index in [-0.39, 0.29) is 5.92 Å². The molecule has 1 atom stereocenters. The summed E-state index contributed by atoms with van der Waals surface area (Å²) in [4.78, 5) is 0. The van der Waals surface area contributed by atoms with Crippen LogP contribution >= 0.6 is 0 Å². The van der Waals surface area contributed by atoms with E-state index < -0.39 is 11.7 Å². The lowest BCUT2D eigenvalue weighted by molar-refractivity contribution is -0.137. The molecule has 25 heavy (non-hydrogen) atoms. The van der Waals surface area contributed by atoms with Gasteiger partial charge in [0.15, 0.2) is 0 Å². The molecular weight excluding hydrogens is 321 g/mol. The summed E-state index contributed by atoms with van der Waals surface area (Å²) in [5.74, 6) is -0.247. The first-order chi connectivity index (χ1) is 12.0.